The zero-order chi connectivity index (χ0) is 31.7. The zero-order valence-electron chi connectivity index (χ0n) is 25.0. The quantitative estimate of drug-likeness (QED) is 0.233. The molecule has 236 valence electrons. The highest BCUT2D eigenvalue weighted by atomic mass is 31.2. The van der Waals surface area contributed by atoms with Crippen molar-refractivity contribution < 1.29 is 38.0 Å². The van der Waals surface area contributed by atoms with Crippen LogP contribution in [0.3, 0.4) is 0 Å². The molecule has 2 fully saturated rings. The highest BCUT2D eigenvalue weighted by Crippen LogP contribution is 2.54. The molecule has 0 aromatic heterocycles. The third kappa shape index (κ3) is 7.54. The molecule has 0 radical (unpaired) electrons. The van der Waals surface area contributed by atoms with Crippen molar-refractivity contribution >= 4 is 47.4 Å². The molecule has 2 aromatic carbocycles. The third-order valence-corrected chi connectivity index (χ3v) is 11.2. The minimum atomic E-state index is -3.54. The summed E-state index contributed by atoms with van der Waals surface area (Å²) in [6, 6.07) is 12.3. The van der Waals surface area contributed by atoms with Gasteiger partial charge in [0.05, 0.1) is 25.0 Å². The highest BCUT2D eigenvalue weighted by Gasteiger charge is 2.46. The van der Waals surface area contributed by atoms with Crippen LogP contribution in [0.1, 0.15) is 60.2 Å². The number of amides is 3. The maximum absolute atomic E-state index is 15.3. The number of hydrogen-bond acceptors (Lipinski definition) is 9. The molecule has 2 atom stereocenters. The molecule has 3 amide bonds. The summed E-state index contributed by atoms with van der Waals surface area (Å²) < 4.78 is 25.0. The van der Waals surface area contributed by atoms with E-state index in [2.05, 4.69) is 16.0 Å². The number of ether oxygens (including phenoxy) is 2. The number of likely N-dealkylation sites (tertiary alicyclic amines) is 1. The number of esters is 2. The molecule has 0 bridgehead atoms. The summed E-state index contributed by atoms with van der Waals surface area (Å²) in [5, 5.41) is 9.19. The summed E-state index contributed by atoms with van der Waals surface area (Å²) >= 11 is 0. The Hall–Kier alpha value is -4.02. The van der Waals surface area contributed by atoms with Crippen LogP contribution < -0.4 is 26.6 Å². The second-order valence-corrected chi connectivity index (χ2v) is 13.5. The Bertz CT molecular complexity index is 1330. The van der Waals surface area contributed by atoms with Crippen LogP contribution in [0.4, 0.5) is 0 Å². The fourth-order valence-corrected chi connectivity index (χ4v) is 8.91. The van der Waals surface area contributed by atoms with E-state index in [0.29, 0.717) is 30.0 Å². The monoisotopic (exact) mass is 626 g/mol. The first-order valence-electron chi connectivity index (χ1n) is 14.9. The van der Waals surface area contributed by atoms with Gasteiger partial charge in [-0.3, -0.25) is 24.0 Å². The van der Waals surface area contributed by atoms with Gasteiger partial charge in [0.2, 0.25) is 5.91 Å². The molecule has 2 heterocycles. The van der Waals surface area contributed by atoms with Gasteiger partial charge in [-0.2, -0.15) is 0 Å². The van der Waals surface area contributed by atoms with E-state index < -0.39 is 36.7 Å². The summed E-state index contributed by atoms with van der Waals surface area (Å²) in [4.78, 5) is 63.9. The summed E-state index contributed by atoms with van der Waals surface area (Å²) in [5.41, 5.74) is 0.542. The van der Waals surface area contributed by atoms with Crippen molar-refractivity contribution in [2.45, 2.75) is 51.4 Å². The molecular weight excluding hydrogens is 587 g/mol. The highest BCUT2D eigenvalue weighted by molar-refractivity contribution is 7.79. The van der Waals surface area contributed by atoms with Gasteiger partial charge >= 0.3 is 11.9 Å². The molecule has 3 N–H and O–H groups in total. The van der Waals surface area contributed by atoms with Crippen LogP contribution in [0, 0.1) is 0 Å². The van der Waals surface area contributed by atoms with E-state index in [4.69, 9.17) is 9.47 Å². The van der Waals surface area contributed by atoms with Crippen LogP contribution in [0.2, 0.25) is 0 Å². The molecule has 2 aliphatic heterocycles. The van der Waals surface area contributed by atoms with Crippen molar-refractivity contribution in [3.8, 4) is 0 Å². The molecule has 2 aliphatic rings. The maximum atomic E-state index is 15.3. The Balaban J connectivity index is 1.63. The normalized spacial score (nSPS) is 18.0. The molecule has 2 saturated heterocycles. The number of carbonyl (C=O) groups excluding carboxylic acids is 5. The number of carbonyl (C=O) groups is 5. The van der Waals surface area contributed by atoms with E-state index in [-0.39, 0.29) is 49.4 Å². The van der Waals surface area contributed by atoms with Crippen LogP contribution in [0.15, 0.2) is 48.5 Å². The first-order valence-corrected chi connectivity index (χ1v) is 16.7. The van der Waals surface area contributed by atoms with E-state index in [0.717, 1.165) is 19.4 Å². The lowest BCUT2D eigenvalue weighted by molar-refractivity contribution is -0.142. The molecule has 4 rings (SSSR count). The van der Waals surface area contributed by atoms with E-state index in [9.17, 15) is 24.0 Å². The lowest BCUT2D eigenvalue weighted by atomic mass is 10.2. The number of nitrogens with zero attached hydrogens (tertiary/aromatic N) is 1. The minimum absolute atomic E-state index is 0.0739. The lowest BCUT2D eigenvalue weighted by Crippen LogP contribution is -2.47. The largest absolute Gasteiger partial charge is 0.465 e. The molecule has 0 saturated carbocycles. The Morgan fingerprint density at radius 3 is 1.73 bits per heavy atom. The standard InChI is InChI=1S/C31H39N4O8P/c1-3-42-27(36)19-33-29(38)21-9-13-23(14-10-21)44(41,26-8-6-18-35(26)31(40)25-7-5-17-32-25)24-15-11-22(12-16-24)30(39)34-20-28(37)43-4-2/h9-16,25-26,32H,3-8,17-20H2,1-2H3,(H,33,38)(H,34,39)/t25-,26?/m0/s1. The van der Waals surface area contributed by atoms with Crippen LogP contribution >= 0.6 is 7.14 Å². The zero-order valence-corrected chi connectivity index (χ0v) is 25.9. The van der Waals surface area contributed by atoms with Crippen molar-refractivity contribution in [1.82, 2.24) is 20.9 Å². The Kier molecular flexibility index (Phi) is 11.3. The molecule has 44 heavy (non-hydrogen) atoms. The van der Waals surface area contributed by atoms with Crippen molar-refractivity contribution in [2.24, 2.45) is 0 Å². The van der Waals surface area contributed by atoms with Crippen molar-refractivity contribution in [3.63, 3.8) is 0 Å². The van der Waals surface area contributed by atoms with Crippen LogP contribution in [0.5, 0.6) is 0 Å². The topological polar surface area (TPSA) is 160 Å². The van der Waals surface area contributed by atoms with E-state index >= 15 is 4.57 Å². The molecule has 0 aliphatic carbocycles. The van der Waals surface area contributed by atoms with Crippen LogP contribution in [0.25, 0.3) is 0 Å². The van der Waals surface area contributed by atoms with Gasteiger partial charge in [-0.25, -0.2) is 0 Å². The third-order valence-electron chi connectivity index (χ3n) is 7.71. The number of hydrogen-bond donors (Lipinski definition) is 3. The first-order chi connectivity index (χ1) is 21.2. The predicted molar refractivity (Wildman–Crippen MR) is 163 cm³/mol. The fourth-order valence-electron chi connectivity index (χ4n) is 5.57. The average Bonchev–Trinajstić information content (AvgIpc) is 3.76. The Morgan fingerprint density at radius 1 is 0.795 bits per heavy atom. The van der Waals surface area contributed by atoms with Gasteiger partial charge in [-0.15, -0.1) is 0 Å². The first kappa shape index (κ1) is 32.9. The molecule has 12 nitrogen and oxygen atoms in total. The van der Waals surface area contributed by atoms with Crippen molar-refractivity contribution in [2.75, 3.05) is 39.4 Å². The second-order valence-electron chi connectivity index (χ2n) is 10.5. The lowest BCUT2D eigenvalue weighted by Gasteiger charge is -2.34. The maximum Gasteiger partial charge on any atom is 0.325 e. The van der Waals surface area contributed by atoms with Gasteiger partial charge in [-0.05, 0) is 70.3 Å². The number of rotatable bonds is 12. The summed E-state index contributed by atoms with van der Waals surface area (Å²) in [6.45, 7) is 4.44. The molecule has 13 heteroatoms. The molecule has 1 unspecified atom stereocenters. The average molecular weight is 627 g/mol. The Morgan fingerprint density at radius 2 is 1.30 bits per heavy atom. The van der Waals surface area contributed by atoms with Gasteiger partial charge in [0.15, 0.2) is 7.14 Å². The van der Waals surface area contributed by atoms with Gasteiger partial charge < -0.3 is 34.9 Å². The van der Waals surface area contributed by atoms with Gasteiger partial charge in [-0.1, -0.05) is 24.3 Å². The SMILES string of the molecule is CCOC(=O)CNC(=O)c1ccc(P(=O)(c2ccc(C(=O)NCC(=O)OCC)cc2)C2CCCN2C(=O)[C@@H]2CCCN2)cc1. The second kappa shape index (κ2) is 15.1. The summed E-state index contributed by atoms with van der Waals surface area (Å²) in [7, 11) is -3.54. The van der Waals surface area contributed by atoms with E-state index in [1.54, 1.807) is 67.3 Å². The van der Waals surface area contributed by atoms with E-state index in [1.165, 1.54) is 0 Å². The van der Waals surface area contributed by atoms with Crippen LogP contribution in [-0.4, -0.2) is 85.8 Å². The molecule has 0 spiro atoms. The van der Waals surface area contributed by atoms with Crippen molar-refractivity contribution in [1.29, 1.82) is 0 Å². The fraction of sp³-hybridized carbons (Fsp3) is 0.452. The molecule has 2 aromatic rings. The Labute approximate surface area is 256 Å². The van der Waals surface area contributed by atoms with Crippen molar-refractivity contribution in [3.05, 3.63) is 59.7 Å². The summed E-state index contributed by atoms with van der Waals surface area (Å²) in [6.07, 6.45) is 2.83. The number of benzene rings is 2. The minimum Gasteiger partial charge on any atom is -0.465 e. The molecular formula is C31H39N4O8P. The van der Waals surface area contributed by atoms with E-state index in [1.807, 2.05) is 0 Å². The van der Waals surface area contributed by atoms with Crippen LogP contribution in [-0.2, 0) is 28.4 Å². The summed E-state index contributed by atoms with van der Waals surface area (Å²) in [5.74, 6) is -2.75. The number of nitrogens with one attached hydrogen (secondary N) is 3. The predicted octanol–water partition coefficient (Wildman–Crippen LogP) is 1.29. The van der Waals surface area contributed by atoms with Gasteiger partial charge in [0.25, 0.3) is 11.8 Å². The van der Waals surface area contributed by atoms with Gasteiger partial charge in [0.1, 0.15) is 13.1 Å². The van der Waals surface area contributed by atoms with Gasteiger partial charge in [0, 0.05) is 28.3 Å². The smallest absolute Gasteiger partial charge is 0.325 e.